The number of carbonyl (C=O) groups excluding carboxylic acids is 4. The summed E-state index contributed by atoms with van der Waals surface area (Å²) in [5.41, 5.74) is 10.1. The number of nitrogens with zero attached hydrogens (tertiary/aromatic N) is 3. The number of rotatable bonds is 9. The number of unbranched alkanes of at least 4 members (excludes halogenated alkanes) is 5. The van der Waals surface area contributed by atoms with Crippen LogP contribution in [0.15, 0.2) is 36.4 Å². The van der Waals surface area contributed by atoms with Crippen LogP contribution in [0.4, 0.5) is 0 Å². The number of amides is 4. The zero-order valence-electron chi connectivity index (χ0n) is 22.7. The number of imide groups is 1. The molecular formula is C31H33N5O4. The second-order valence-corrected chi connectivity index (χ2v) is 10.5. The number of nitrogens with one attached hydrogen (secondary N) is 1. The first-order valence-electron chi connectivity index (χ1n) is 13.9. The van der Waals surface area contributed by atoms with Gasteiger partial charge in [0.25, 0.3) is 5.91 Å². The van der Waals surface area contributed by atoms with Crippen LogP contribution >= 0.6 is 0 Å². The molecule has 1 atom stereocenters. The molecule has 4 amide bonds. The molecule has 40 heavy (non-hydrogen) atoms. The van der Waals surface area contributed by atoms with Gasteiger partial charge < -0.3 is 10.6 Å². The molecule has 0 aliphatic carbocycles. The molecule has 1 aromatic heterocycles. The fourth-order valence-electron chi connectivity index (χ4n) is 5.53. The van der Waals surface area contributed by atoms with E-state index in [0.717, 1.165) is 72.8 Å². The van der Waals surface area contributed by atoms with Gasteiger partial charge in [-0.15, -0.1) is 0 Å². The Kier molecular flexibility index (Phi) is 7.96. The summed E-state index contributed by atoms with van der Waals surface area (Å²) >= 11 is 0. The van der Waals surface area contributed by atoms with Gasteiger partial charge in [-0.25, -0.2) is 0 Å². The SMILES string of the molecule is Cc1nn(CCCCCCCC#Cc2cccc3c2CN(C2CCC(=O)NC2=O)C3=O)c2cc(C(N)=O)ccc12. The average Bonchev–Trinajstić information content (AvgIpc) is 3.44. The Morgan fingerprint density at radius 1 is 1.10 bits per heavy atom. The van der Waals surface area contributed by atoms with Crippen molar-refractivity contribution in [2.45, 2.75) is 77.4 Å². The Morgan fingerprint density at radius 3 is 2.70 bits per heavy atom. The Hall–Kier alpha value is -4.45. The zero-order chi connectivity index (χ0) is 28.2. The minimum atomic E-state index is -0.623. The molecule has 206 valence electrons. The van der Waals surface area contributed by atoms with Gasteiger partial charge in [-0.1, -0.05) is 43.2 Å². The summed E-state index contributed by atoms with van der Waals surface area (Å²) < 4.78 is 1.97. The van der Waals surface area contributed by atoms with Gasteiger partial charge in [-0.2, -0.15) is 5.10 Å². The molecule has 1 saturated heterocycles. The van der Waals surface area contributed by atoms with Crippen LogP contribution in [-0.4, -0.2) is 44.4 Å². The second-order valence-electron chi connectivity index (χ2n) is 10.5. The van der Waals surface area contributed by atoms with E-state index in [2.05, 4.69) is 22.3 Å². The maximum atomic E-state index is 13.0. The summed E-state index contributed by atoms with van der Waals surface area (Å²) in [6, 6.07) is 10.4. The number of aryl methyl sites for hydroxylation is 2. The lowest BCUT2D eigenvalue weighted by molar-refractivity contribution is -0.136. The third-order valence-corrected chi connectivity index (χ3v) is 7.70. The van der Waals surface area contributed by atoms with Crippen LogP contribution in [0.25, 0.3) is 10.9 Å². The summed E-state index contributed by atoms with van der Waals surface area (Å²) in [6.07, 6.45) is 6.60. The Bertz CT molecular complexity index is 1560. The van der Waals surface area contributed by atoms with Crippen LogP contribution in [0.2, 0.25) is 0 Å². The Morgan fingerprint density at radius 2 is 1.90 bits per heavy atom. The van der Waals surface area contributed by atoms with E-state index < -0.39 is 17.9 Å². The molecular weight excluding hydrogens is 506 g/mol. The van der Waals surface area contributed by atoms with E-state index in [1.165, 1.54) is 0 Å². The fourth-order valence-corrected chi connectivity index (χ4v) is 5.53. The summed E-state index contributed by atoms with van der Waals surface area (Å²) in [7, 11) is 0. The number of piperidine rings is 1. The number of fused-ring (bicyclic) bond motifs is 2. The molecule has 0 radical (unpaired) electrons. The van der Waals surface area contributed by atoms with Crippen molar-refractivity contribution in [3.63, 3.8) is 0 Å². The van der Waals surface area contributed by atoms with Crippen molar-refractivity contribution in [1.29, 1.82) is 0 Å². The zero-order valence-corrected chi connectivity index (χ0v) is 22.7. The highest BCUT2D eigenvalue weighted by Crippen LogP contribution is 2.29. The fraction of sp³-hybridized carbons (Fsp3) is 0.387. The number of aromatic nitrogens is 2. The molecule has 0 saturated carbocycles. The summed E-state index contributed by atoms with van der Waals surface area (Å²) in [5.74, 6) is 5.17. The van der Waals surface area contributed by atoms with Gasteiger partial charge in [0.1, 0.15) is 6.04 Å². The number of carbonyl (C=O) groups is 4. The number of hydrogen-bond donors (Lipinski definition) is 2. The van der Waals surface area contributed by atoms with Crippen LogP contribution in [0.1, 0.15) is 88.9 Å². The van der Waals surface area contributed by atoms with E-state index in [4.69, 9.17) is 5.73 Å². The van der Waals surface area contributed by atoms with Crippen molar-refractivity contribution >= 4 is 34.5 Å². The number of benzene rings is 2. The predicted molar refractivity (Wildman–Crippen MR) is 150 cm³/mol. The third kappa shape index (κ3) is 5.62. The normalized spacial score (nSPS) is 16.6. The van der Waals surface area contributed by atoms with E-state index in [-0.39, 0.29) is 18.2 Å². The first-order valence-corrected chi connectivity index (χ1v) is 13.9. The minimum Gasteiger partial charge on any atom is -0.366 e. The molecule has 2 aromatic carbocycles. The van der Waals surface area contributed by atoms with Gasteiger partial charge in [0, 0.05) is 48.0 Å². The lowest BCUT2D eigenvalue weighted by Gasteiger charge is -2.29. The minimum absolute atomic E-state index is 0.181. The first kappa shape index (κ1) is 27.1. The van der Waals surface area contributed by atoms with Crippen LogP contribution in [0, 0.1) is 18.8 Å². The second kappa shape index (κ2) is 11.7. The molecule has 2 aliphatic heterocycles. The quantitative estimate of drug-likeness (QED) is 0.244. The van der Waals surface area contributed by atoms with E-state index in [1.807, 2.05) is 35.9 Å². The van der Waals surface area contributed by atoms with Crippen molar-refractivity contribution in [2.75, 3.05) is 0 Å². The van der Waals surface area contributed by atoms with Crippen molar-refractivity contribution in [3.8, 4) is 11.8 Å². The monoisotopic (exact) mass is 539 g/mol. The third-order valence-electron chi connectivity index (χ3n) is 7.70. The molecule has 1 unspecified atom stereocenters. The van der Waals surface area contributed by atoms with E-state index >= 15 is 0 Å². The van der Waals surface area contributed by atoms with Crippen LogP contribution in [0.5, 0.6) is 0 Å². The van der Waals surface area contributed by atoms with Gasteiger partial charge >= 0.3 is 0 Å². The molecule has 3 heterocycles. The van der Waals surface area contributed by atoms with Crippen molar-refractivity contribution in [2.24, 2.45) is 5.73 Å². The van der Waals surface area contributed by atoms with Crippen LogP contribution < -0.4 is 11.1 Å². The molecule has 2 aliphatic rings. The van der Waals surface area contributed by atoms with E-state index in [1.54, 1.807) is 17.0 Å². The van der Waals surface area contributed by atoms with Gasteiger partial charge in [-0.3, -0.25) is 29.2 Å². The van der Waals surface area contributed by atoms with E-state index in [0.29, 0.717) is 24.1 Å². The predicted octanol–water partition coefficient (Wildman–Crippen LogP) is 3.60. The van der Waals surface area contributed by atoms with Crippen LogP contribution in [-0.2, 0) is 22.7 Å². The van der Waals surface area contributed by atoms with Gasteiger partial charge in [0.2, 0.25) is 17.7 Å². The topological polar surface area (TPSA) is 127 Å². The van der Waals surface area contributed by atoms with E-state index in [9.17, 15) is 19.2 Å². The van der Waals surface area contributed by atoms with Crippen molar-refractivity contribution in [3.05, 3.63) is 64.3 Å². The number of primary amides is 1. The van der Waals surface area contributed by atoms with Gasteiger partial charge in [0.15, 0.2) is 0 Å². The Balaban J connectivity index is 1.08. The molecule has 0 bridgehead atoms. The van der Waals surface area contributed by atoms with Crippen LogP contribution in [0.3, 0.4) is 0 Å². The average molecular weight is 540 g/mol. The maximum absolute atomic E-state index is 13.0. The molecule has 9 heteroatoms. The smallest absolute Gasteiger partial charge is 0.255 e. The maximum Gasteiger partial charge on any atom is 0.255 e. The molecule has 1 fully saturated rings. The largest absolute Gasteiger partial charge is 0.366 e. The van der Waals surface area contributed by atoms with Crippen molar-refractivity contribution in [1.82, 2.24) is 20.0 Å². The molecule has 3 N–H and O–H groups in total. The standard InChI is InChI=1S/C31H33N5O4/c1-20-23-14-13-22(29(32)38)18-27(23)36(34-20)17-8-6-4-2-3-5-7-10-21-11-9-12-24-25(21)19-35(31(24)40)26-15-16-28(37)33-30(26)39/h9,11-14,18,26H,2-6,8,15-17,19H2,1H3,(H2,32,38)(H,33,37,39). The number of nitrogens with two attached hydrogens (primary N) is 1. The molecule has 0 spiro atoms. The Labute approximate surface area is 233 Å². The molecule has 9 nitrogen and oxygen atoms in total. The lowest BCUT2D eigenvalue weighted by atomic mass is 10.0. The summed E-state index contributed by atoms with van der Waals surface area (Å²) in [4.78, 5) is 49.9. The highest BCUT2D eigenvalue weighted by molar-refractivity contribution is 6.05. The van der Waals surface area contributed by atoms with Gasteiger partial charge in [-0.05, 0) is 56.0 Å². The lowest BCUT2D eigenvalue weighted by Crippen LogP contribution is -2.52. The van der Waals surface area contributed by atoms with Gasteiger partial charge in [0.05, 0.1) is 11.2 Å². The highest BCUT2D eigenvalue weighted by Gasteiger charge is 2.39. The number of hydrogen-bond acceptors (Lipinski definition) is 5. The van der Waals surface area contributed by atoms with Crippen molar-refractivity contribution < 1.29 is 19.2 Å². The molecule has 3 aromatic rings. The summed E-state index contributed by atoms with van der Waals surface area (Å²) in [5, 5.41) is 8.01. The summed E-state index contributed by atoms with van der Waals surface area (Å²) in [6.45, 7) is 3.10. The highest BCUT2D eigenvalue weighted by atomic mass is 16.2. The molecule has 5 rings (SSSR count). The first-order chi connectivity index (χ1) is 19.3.